The number of anilines is 1. The number of amides is 3. The van der Waals surface area contributed by atoms with Gasteiger partial charge in [-0.3, -0.25) is 14.4 Å². The summed E-state index contributed by atoms with van der Waals surface area (Å²) in [5.74, 6) is -6.74. The number of ether oxygens (including phenoxy) is 1. The zero-order chi connectivity index (χ0) is 24.5. The molecule has 176 valence electrons. The van der Waals surface area contributed by atoms with Crippen molar-refractivity contribution in [3.05, 3.63) is 65.5 Å². The molecule has 33 heavy (non-hydrogen) atoms. The molecule has 0 unspecified atom stereocenters. The molecule has 0 heterocycles. The summed E-state index contributed by atoms with van der Waals surface area (Å²) in [4.78, 5) is 48.2. The molecule has 0 fully saturated rings. The molecule has 8 nitrogen and oxygen atoms in total. The van der Waals surface area contributed by atoms with Gasteiger partial charge in [0.25, 0.3) is 11.8 Å². The van der Waals surface area contributed by atoms with Crippen LogP contribution in [0.1, 0.15) is 24.2 Å². The molecular weight excluding hydrogens is 443 g/mol. The van der Waals surface area contributed by atoms with Gasteiger partial charge in [-0.05, 0) is 42.3 Å². The Kier molecular flexibility index (Phi) is 8.96. The molecule has 0 saturated carbocycles. The molecule has 0 bridgehead atoms. The van der Waals surface area contributed by atoms with Gasteiger partial charge in [-0.15, -0.1) is 0 Å². The lowest BCUT2D eigenvalue weighted by atomic mass is 10.0. The van der Waals surface area contributed by atoms with Gasteiger partial charge in [0.1, 0.15) is 29.1 Å². The molecule has 0 spiro atoms. The van der Waals surface area contributed by atoms with Gasteiger partial charge in [0.05, 0.1) is 6.54 Å². The van der Waals surface area contributed by atoms with Crippen molar-refractivity contribution in [2.24, 2.45) is 5.92 Å². The first-order chi connectivity index (χ1) is 15.6. The van der Waals surface area contributed by atoms with Crippen molar-refractivity contribution in [2.75, 3.05) is 18.5 Å². The van der Waals surface area contributed by atoms with Crippen LogP contribution in [-0.2, 0) is 19.1 Å². The Morgan fingerprint density at radius 2 is 1.52 bits per heavy atom. The van der Waals surface area contributed by atoms with Crippen molar-refractivity contribution in [3.8, 4) is 0 Å². The van der Waals surface area contributed by atoms with Gasteiger partial charge in [0.2, 0.25) is 5.91 Å². The molecule has 0 aromatic heterocycles. The number of esters is 1. The number of carbonyl (C=O) groups excluding carboxylic acids is 4. The number of nitrogens with one attached hydrogen (secondary N) is 3. The second-order valence-electron chi connectivity index (χ2n) is 7.23. The summed E-state index contributed by atoms with van der Waals surface area (Å²) in [6.45, 7) is 1.92. The van der Waals surface area contributed by atoms with Crippen molar-refractivity contribution >= 4 is 29.4 Å². The molecule has 2 aromatic carbocycles. The summed E-state index contributed by atoms with van der Waals surface area (Å²) in [7, 11) is 0. The highest BCUT2D eigenvalue weighted by Crippen LogP contribution is 2.14. The molecule has 2 aromatic rings. The fraction of sp³-hybridized carbons (Fsp3) is 0.273. The lowest BCUT2D eigenvalue weighted by Gasteiger charge is -2.21. The first-order valence-corrected chi connectivity index (χ1v) is 9.82. The smallest absolute Gasteiger partial charge is 0.329 e. The molecule has 3 N–H and O–H groups in total. The fourth-order valence-corrected chi connectivity index (χ4v) is 2.62. The Hall–Kier alpha value is -3.89. The van der Waals surface area contributed by atoms with E-state index in [2.05, 4.69) is 16.0 Å². The maximum Gasteiger partial charge on any atom is 0.329 e. The van der Waals surface area contributed by atoms with Crippen LogP contribution in [0.4, 0.5) is 18.9 Å². The van der Waals surface area contributed by atoms with E-state index >= 15 is 0 Å². The third-order valence-corrected chi connectivity index (χ3v) is 4.32. The molecule has 0 saturated heterocycles. The minimum absolute atomic E-state index is 0.323. The Balaban J connectivity index is 1.84. The average Bonchev–Trinajstić information content (AvgIpc) is 2.75. The highest BCUT2D eigenvalue weighted by molar-refractivity contribution is 5.98. The largest absolute Gasteiger partial charge is 0.454 e. The molecule has 3 amide bonds. The first-order valence-electron chi connectivity index (χ1n) is 9.82. The van der Waals surface area contributed by atoms with Crippen LogP contribution in [0.2, 0.25) is 0 Å². The SMILES string of the molecule is CC(C)[C@H](NC(=O)c1c(F)cccc1F)C(=O)OCC(=O)NCC(=O)Nc1ccc(F)cc1. The van der Waals surface area contributed by atoms with Crippen LogP contribution in [-0.4, -0.2) is 42.9 Å². The third-order valence-electron chi connectivity index (χ3n) is 4.32. The van der Waals surface area contributed by atoms with E-state index in [0.29, 0.717) is 5.69 Å². The molecule has 0 aliphatic heterocycles. The molecule has 2 rings (SSSR count). The minimum atomic E-state index is -1.29. The average molecular weight is 465 g/mol. The van der Waals surface area contributed by atoms with E-state index in [4.69, 9.17) is 4.74 Å². The first kappa shape index (κ1) is 25.4. The number of rotatable bonds is 9. The topological polar surface area (TPSA) is 114 Å². The predicted octanol–water partition coefficient (Wildman–Crippen LogP) is 2.16. The van der Waals surface area contributed by atoms with Crippen LogP contribution in [0.25, 0.3) is 0 Å². The summed E-state index contributed by atoms with van der Waals surface area (Å²) in [6.07, 6.45) is 0. The maximum atomic E-state index is 13.8. The second kappa shape index (κ2) is 11.7. The van der Waals surface area contributed by atoms with Crippen LogP contribution in [0.5, 0.6) is 0 Å². The summed E-state index contributed by atoms with van der Waals surface area (Å²) in [5, 5.41) is 6.87. The standard InChI is InChI=1S/C22H22F3N3O5/c1-12(2)20(28-21(31)19-15(24)4-3-5-16(19)25)22(32)33-11-18(30)26-10-17(29)27-14-8-6-13(23)7-9-14/h3-9,12,20H,10-11H2,1-2H3,(H,26,30)(H,27,29)(H,28,31)/t20-/m0/s1. The van der Waals surface area contributed by atoms with E-state index in [9.17, 15) is 32.3 Å². The van der Waals surface area contributed by atoms with Crippen molar-refractivity contribution in [2.45, 2.75) is 19.9 Å². The zero-order valence-corrected chi connectivity index (χ0v) is 17.8. The van der Waals surface area contributed by atoms with Gasteiger partial charge >= 0.3 is 5.97 Å². The Labute approximate surface area is 187 Å². The molecular formula is C22H22F3N3O5. The van der Waals surface area contributed by atoms with E-state index in [1.807, 2.05) is 0 Å². The Morgan fingerprint density at radius 1 is 0.909 bits per heavy atom. The van der Waals surface area contributed by atoms with Gasteiger partial charge in [0.15, 0.2) is 6.61 Å². The van der Waals surface area contributed by atoms with Crippen LogP contribution in [0.15, 0.2) is 42.5 Å². The van der Waals surface area contributed by atoms with Crippen LogP contribution < -0.4 is 16.0 Å². The fourth-order valence-electron chi connectivity index (χ4n) is 2.62. The van der Waals surface area contributed by atoms with Gasteiger partial charge in [-0.2, -0.15) is 0 Å². The summed E-state index contributed by atoms with van der Waals surface area (Å²) in [5.41, 5.74) is -0.523. The predicted molar refractivity (Wildman–Crippen MR) is 111 cm³/mol. The number of hydrogen-bond donors (Lipinski definition) is 3. The van der Waals surface area contributed by atoms with E-state index in [1.54, 1.807) is 13.8 Å². The third kappa shape index (κ3) is 7.63. The van der Waals surface area contributed by atoms with Gasteiger partial charge in [0, 0.05) is 5.69 Å². The monoisotopic (exact) mass is 465 g/mol. The van der Waals surface area contributed by atoms with Crippen LogP contribution >= 0.6 is 0 Å². The van der Waals surface area contributed by atoms with Crippen molar-refractivity contribution in [3.63, 3.8) is 0 Å². The highest BCUT2D eigenvalue weighted by atomic mass is 19.1. The van der Waals surface area contributed by atoms with E-state index in [-0.39, 0.29) is 0 Å². The summed E-state index contributed by atoms with van der Waals surface area (Å²) in [6, 6.07) is 6.58. The van der Waals surface area contributed by atoms with Gasteiger partial charge < -0.3 is 20.7 Å². The van der Waals surface area contributed by atoms with Crippen LogP contribution in [0.3, 0.4) is 0 Å². The quantitative estimate of drug-likeness (QED) is 0.491. The molecule has 0 radical (unpaired) electrons. The van der Waals surface area contributed by atoms with E-state index in [0.717, 1.165) is 30.3 Å². The lowest BCUT2D eigenvalue weighted by Crippen LogP contribution is -2.46. The lowest BCUT2D eigenvalue weighted by molar-refractivity contribution is -0.151. The Morgan fingerprint density at radius 3 is 2.09 bits per heavy atom. The highest BCUT2D eigenvalue weighted by Gasteiger charge is 2.29. The Bertz CT molecular complexity index is 1010. The van der Waals surface area contributed by atoms with Gasteiger partial charge in [-0.1, -0.05) is 19.9 Å². The zero-order valence-electron chi connectivity index (χ0n) is 17.8. The second-order valence-corrected chi connectivity index (χ2v) is 7.23. The normalized spacial score (nSPS) is 11.5. The maximum absolute atomic E-state index is 13.8. The van der Waals surface area contributed by atoms with Crippen molar-refractivity contribution in [1.82, 2.24) is 10.6 Å². The van der Waals surface area contributed by atoms with Crippen LogP contribution in [0, 0.1) is 23.4 Å². The number of hydrogen-bond acceptors (Lipinski definition) is 5. The van der Waals surface area contributed by atoms with E-state index in [1.165, 1.54) is 12.1 Å². The summed E-state index contributed by atoms with van der Waals surface area (Å²) >= 11 is 0. The summed E-state index contributed by atoms with van der Waals surface area (Å²) < 4.78 is 45.3. The number of carbonyl (C=O) groups is 4. The minimum Gasteiger partial charge on any atom is -0.454 e. The number of halogens is 3. The molecule has 0 aliphatic carbocycles. The van der Waals surface area contributed by atoms with Crippen molar-refractivity contribution in [1.29, 1.82) is 0 Å². The van der Waals surface area contributed by atoms with Crippen molar-refractivity contribution < 1.29 is 37.1 Å². The molecule has 0 aliphatic rings. The molecule has 11 heteroatoms. The van der Waals surface area contributed by atoms with E-state index < -0.39 is 71.8 Å². The number of benzene rings is 2. The molecule has 1 atom stereocenters. The van der Waals surface area contributed by atoms with Gasteiger partial charge in [-0.25, -0.2) is 18.0 Å².